The number of sulfonamides is 1. The van der Waals surface area contributed by atoms with Crippen molar-refractivity contribution in [2.45, 2.75) is 12.5 Å². The molecule has 0 radical (unpaired) electrons. The van der Waals surface area contributed by atoms with Crippen LogP contribution in [-0.2, 0) is 15.6 Å². The molecule has 0 unspecified atom stereocenters. The summed E-state index contributed by atoms with van der Waals surface area (Å²) in [5.41, 5.74) is 1.08. The van der Waals surface area contributed by atoms with E-state index in [9.17, 15) is 22.0 Å². The molecule has 3 rings (SSSR count). The van der Waals surface area contributed by atoms with Crippen molar-refractivity contribution in [3.63, 3.8) is 0 Å². The average Bonchev–Trinajstić information content (AvgIpc) is 2.69. The van der Waals surface area contributed by atoms with Crippen LogP contribution in [0.2, 0.25) is 0 Å². The number of hydrogen-bond acceptors (Lipinski definition) is 8. The predicted molar refractivity (Wildman–Crippen MR) is 103 cm³/mol. The molecule has 1 aliphatic rings. The molecular weight excluding hydrogens is 441 g/mol. The number of rotatable bonds is 4. The summed E-state index contributed by atoms with van der Waals surface area (Å²) in [6.45, 7) is 1.05. The third kappa shape index (κ3) is 3.97. The van der Waals surface area contributed by atoms with Crippen molar-refractivity contribution in [1.29, 1.82) is 0 Å². The maximum absolute atomic E-state index is 15.3. The number of benzene rings is 1. The van der Waals surface area contributed by atoms with Crippen LogP contribution in [-0.4, -0.2) is 54.4 Å². The molecule has 0 spiro atoms. The van der Waals surface area contributed by atoms with Crippen molar-refractivity contribution in [1.82, 2.24) is 14.3 Å². The lowest BCUT2D eigenvalue weighted by Crippen LogP contribution is -2.50. The Bertz CT molecular complexity index is 1290. The van der Waals surface area contributed by atoms with Crippen LogP contribution >= 0.6 is 0 Å². The highest BCUT2D eigenvalue weighted by Crippen LogP contribution is 2.38. The van der Waals surface area contributed by atoms with Gasteiger partial charge in [0.15, 0.2) is 17.5 Å². The van der Waals surface area contributed by atoms with Crippen LogP contribution in [0, 0.1) is 17.5 Å². The van der Waals surface area contributed by atoms with Crippen LogP contribution in [0.3, 0.4) is 0 Å². The van der Waals surface area contributed by atoms with Gasteiger partial charge in [-0.25, -0.2) is 40.9 Å². The van der Waals surface area contributed by atoms with Gasteiger partial charge >= 0.3 is 0 Å². The summed E-state index contributed by atoms with van der Waals surface area (Å²) < 4.78 is 95.1. The fourth-order valence-corrected chi connectivity index (χ4v) is 4.36. The first-order chi connectivity index (χ1) is 15.5. The van der Waals surface area contributed by atoms with E-state index in [1.165, 1.54) is 0 Å². The highest BCUT2D eigenvalue weighted by atomic mass is 32.2. The topological polar surface area (TPSA) is 140 Å². The summed E-state index contributed by atoms with van der Waals surface area (Å²) in [7, 11) is -5.87. The molecule has 1 aromatic carbocycles. The van der Waals surface area contributed by atoms with Gasteiger partial charge < -0.3 is 15.8 Å². The summed E-state index contributed by atoms with van der Waals surface area (Å²) in [6, 6.07) is 0.353. The zero-order valence-corrected chi connectivity index (χ0v) is 16.8. The maximum Gasteiger partial charge on any atom is 0.275 e. The standard InChI is InChI=1S/C17H17F3N6O4S/c1-17(7-31(28,29)26(2)16(21)25-17)12-13(19)8(18)4-9(14(12)20)24-15(27)10-5-23-11(30-3)6-22-10/h4-6H,7H2,1-3H3,(H2,21,25)(H,24,27)/t17-/m0/s1/i3D3. The fourth-order valence-electron chi connectivity index (χ4n) is 2.92. The number of nitrogens with zero attached hydrogens (tertiary/aromatic N) is 4. The summed E-state index contributed by atoms with van der Waals surface area (Å²) >= 11 is 0. The number of guanidine groups is 1. The molecule has 0 saturated carbocycles. The number of nitrogens with one attached hydrogen (secondary N) is 1. The van der Waals surface area contributed by atoms with Gasteiger partial charge in [-0.05, 0) is 6.92 Å². The Morgan fingerprint density at radius 1 is 1.32 bits per heavy atom. The van der Waals surface area contributed by atoms with Gasteiger partial charge in [0.05, 0.1) is 40.5 Å². The molecule has 2 aromatic rings. The second kappa shape index (κ2) is 7.68. The third-order valence-corrected chi connectivity index (χ3v) is 6.42. The monoisotopic (exact) mass is 461 g/mol. The summed E-state index contributed by atoms with van der Waals surface area (Å²) in [5.74, 6) is -7.83. The molecule has 2 heterocycles. The molecule has 0 saturated heterocycles. The second-order valence-electron chi connectivity index (χ2n) is 6.67. The molecule has 0 bridgehead atoms. The number of aliphatic imine (C=N–C) groups is 1. The van der Waals surface area contributed by atoms with Crippen LogP contribution in [0.4, 0.5) is 18.9 Å². The largest absolute Gasteiger partial charge is 0.480 e. The first-order valence-corrected chi connectivity index (χ1v) is 9.97. The zero-order chi connectivity index (χ0) is 25.6. The maximum atomic E-state index is 15.3. The number of nitrogens with two attached hydrogens (primary N) is 1. The molecule has 1 amide bonds. The molecule has 166 valence electrons. The van der Waals surface area contributed by atoms with E-state index in [-0.39, 0.29) is 0 Å². The van der Waals surface area contributed by atoms with Gasteiger partial charge in [-0.1, -0.05) is 0 Å². The van der Waals surface area contributed by atoms with Gasteiger partial charge in [-0.15, -0.1) is 0 Å². The van der Waals surface area contributed by atoms with Crippen molar-refractivity contribution in [2.75, 3.05) is 25.2 Å². The van der Waals surface area contributed by atoms with Crippen LogP contribution in [0.1, 0.15) is 27.1 Å². The number of hydrogen-bond donors (Lipinski definition) is 2. The Balaban J connectivity index is 1.99. The first kappa shape index (κ1) is 18.4. The molecule has 31 heavy (non-hydrogen) atoms. The molecular formula is C17H17F3N6O4S. The van der Waals surface area contributed by atoms with Crippen LogP contribution in [0.25, 0.3) is 0 Å². The molecule has 1 atom stereocenters. The van der Waals surface area contributed by atoms with Crippen molar-refractivity contribution >= 4 is 27.6 Å². The highest BCUT2D eigenvalue weighted by molar-refractivity contribution is 7.89. The van der Waals surface area contributed by atoms with Gasteiger partial charge in [0.25, 0.3) is 5.91 Å². The lowest BCUT2D eigenvalue weighted by Gasteiger charge is -2.35. The number of carbonyl (C=O) groups is 1. The zero-order valence-electron chi connectivity index (χ0n) is 19.0. The number of methoxy groups -OCH3 is 1. The van der Waals surface area contributed by atoms with Crippen molar-refractivity contribution in [2.24, 2.45) is 10.7 Å². The van der Waals surface area contributed by atoms with E-state index < -0.39 is 80.5 Å². The normalized spacial score (nSPS) is 22.0. The third-order valence-electron chi connectivity index (χ3n) is 4.47. The predicted octanol–water partition coefficient (Wildman–Crippen LogP) is 0.960. The second-order valence-corrected chi connectivity index (χ2v) is 8.67. The average molecular weight is 461 g/mol. The van der Waals surface area contributed by atoms with E-state index in [0.29, 0.717) is 10.4 Å². The van der Waals surface area contributed by atoms with Gasteiger partial charge in [0, 0.05) is 13.1 Å². The Hall–Kier alpha value is -3.42. The molecule has 10 nitrogen and oxygen atoms in total. The minimum Gasteiger partial charge on any atom is -0.480 e. The van der Waals surface area contributed by atoms with E-state index in [1.54, 1.807) is 0 Å². The van der Waals surface area contributed by atoms with Gasteiger partial charge in [0.1, 0.15) is 11.2 Å². The number of amides is 1. The van der Waals surface area contributed by atoms with E-state index in [2.05, 4.69) is 19.7 Å². The van der Waals surface area contributed by atoms with Crippen LogP contribution < -0.4 is 15.8 Å². The van der Waals surface area contributed by atoms with Gasteiger partial charge in [-0.2, -0.15) is 0 Å². The molecule has 0 fully saturated rings. The van der Waals surface area contributed by atoms with Gasteiger partial charge in [-0.3, -0.25) is 4.79 Å². The number of aromatic nitrogens is 2. The van der Waals surface area contributed by atoms with Crippen LogP contribution in [0.15, 0.2) is 23.5 Å². The Morgan fingerprint density at radius 2 is 2.03 bits per heavy atom. The number of ether oxygens (including phenoxy) is 1. The lowest BCUT2D eigenvalue weighted by molar-refractivity contribution is 0.102. The molecule has 0 aliphatic carbocycles. The Kier molecular flexibility index (Phi) is 4.55. The number of carbonyl (C=O) groups excluding carboxylic acids is 1. The Morgan fingerprint density at radius 3 is 2.61 bits per heavy atom. The highest BCUT2D eigenvalue weighted by Gasteiger charge is 2.44. The van der Waals surface area contributed by atoms with Crippen molar-refractivity contribution in [3.05, 3.63) is 47.2 Å². The quantitative estimate of drug-likeness (QED) is 0.647. The summed E-state index contributed by atoms with van der Waals surface area (Å²) in [5, 5.41) is 1.99. The van der Waals surface area contributed by atoms with Crippen LogP contribution in [0.5, 0.6) is 5.88 Å². The lowest BCUT2D eigenvalue weighted by atomic mass is 9.92. The molecule has 3 N–H and O–H groups in total. The molecule has 1 aromatic heterocycles. The van der Waals surface area contributed by atoms with Crippen molar-refractivity contribution in [3.8, 4) is 5.88 Å². The van der Waals surface area contributed by atoms with Gasteiger partial charge in [0.2, 0.25) is 21.9 Å². The summed E-state index contributed by atoms with van der Waals surface area (Å²) in [4.78, 5) is 23.5. The minimum absolute atomic E-state index is 0.353. The molecule has 14 heteroatoms. The first-order valence-electron chi connectivity index (χ1n) is 9.86. The minimum atomic E-state index is -4.14. The van der Waals surface area contributed by atoms with E-state index in [4.69, 9.17) is 9.85 Å². The molecule has 1 aliphatic heterocycles. The summed E-state index contributed by atoms with van der Waals surface area (Å²) in [6.07, 6.45) is 1.63. The number of anilines is 1. The van der Waals surface area contributed by atoms with E-state index >= 15 is 4.39 Å². The van der Waals surface area contributed by atoms with Crippen molar-refractivity contribution < 1.29 is 35.2 Å². The number of halogens is 3. The van der Waals surface area contributed by atoms with E-state index in [0.717, 1.165) is 26.4 Å². The SMILES string of the molecule is [2H]C([2H])([2H])Oc1cnc(C(=O)Nc2cc(F)c(F)c([C@]3(C)CS(=O)(=O)N(C)C(N)=N3)c2F)cn1. The Labute approximate surface area is 179 Å². The fraction of sp³-hybridized carbons (Fsp3) is 0.294. The van der Waals surface area contributed by atoms with E-state index in [1.807, 2.05) is 5.32 Å². The smallest absolute Gasteiger partial charge is 0.275 e.